The number of nitrogens with zero attached hydrogens (tertiary/aromatic N) is 2. The predicted octanol–water partition coefficient (Wildman–Crippen LogP) is 0.852. The number of sulfonamides is 1. The summed E-state index contributed by atoms with van der Waals surface area (Å²) in [6.07, 6.45) is 0.677. The number of hydrogen-bond acceptors (Lipinski definition) is 3. The van der Waals surface area contributed by atoms with Gasteiger partial charge in [-0.2, -0.15) is 0 Å². The molecule has 0 unspecified atom stereocenters. The molecule has 1 fully saturated rings. The highest BCUT2D eigenvalue weighted by Gasteiger charge is 2.26. The molecule has 112 valence electrons. The van der Waals surface area contributed by atoms with Gasteiger partial charge >= 0.3 is 6.03 Å². The smallest absolute Gasteiger partial charge is 0.317 e. The van der Waals surface area contributed by atoms with Crippen LogP contribution in [-0.2, 0) is 10.0 Å². The van der Waals surface area contributed by atoms with Crippen molar-refractivity contribution in [3.8, 4) is 0 Å². The van der Waals surface area contributed by atoms with Crippen LogP contribution in [0.25, 0.3) is 0 Å². The third kappa shape index (κ3) is 4.99. The Hall–Kier alpha value is -0.820. The van der Waals surface area contributed by atoms with Crippen LogP contribution in [0.4, 0.5) is 4.79 Å². The average molecular weight is 291 g/mol. The lowest BCUT2D eigenvalue weighted by molar-refractivity contribution is 0.191. The van der Waals surface area contributed by atoms with Gasteiger partial charge in [-0.3, -0.25) is 0 Å². The molecule has 0 spiro atoms. The normalized spacial score (nSPS) is 19.1. The fourth-order valence-electron chi connectivity index (χ4n) is 1.96. The van der Waals surface area contributed by atoms with E-state index >= 15 is 0 Å². The average Bonchev–Trinajstić information content (AvgIpc) is 2.52. The Labute approximate surface area is 116 Å². The molecule has 19 heavy (non-hydrogen) atoms. The summed E-state index contributed by atoms with van der Waals surface area (Å²) in [5.41, 5.74) is -0.279. The van der Waals surface area contributed by atoms with Crippen molar-refractivity contribution in [2.75, 3.05) is 31.9 Å². The highest BCUT2D eigenvalue weighted by atomic mass is 32.2. The van der Waals surface area contributed by atoms with Crippen LogP contribution < -0.4 is 5.32 Å². The van der Waals surface area contributed by atoms with E-state index in [9.17, 15) is 13.2 Å². The zero-order chi connectivity index (χ0) is 14.7. The van der Waals surface area contributed by atoms with E-state index in [2.05, 4.69) is 5.32 Å². The molecule has 0 bridgehead atoms. The van der Waals surface area contributed by atoms with E-state index in [1.165, 1.54) is 4.31 Å². The van der Waals surface area contributed by atoms with Gasteiger partial charge in [0.1, 0.15) is 0 Å². The minimum Gasteiger partial charge on any atom is -0.333 e. The lowest BCUT2D eigenvalue weighted by Crippen LogP contribution is -2.49. The lowest BCUT2D eigenvalue weighted by Gasteiger charge is -2.27. The van der Waals surface area contributed by atoms with Crippen LogP contribution in [-0.4, -0.2) is 61.1 Å². The molecular weight excluding hydrogens is 266 g/mol. The first-order chi connectivity index (χ1) is 8.65. The number of rotatable bonds is 2. The van der Waals surface area contributed by atoms with Gasteiger partial charge in [-0.05, 0) is 34.1 Å². The second-order valence-electron chi connectivity index (χ2n) is 5.82. The van der Waals surface area contributed by atoms with E-state index < -0.39 is 10.0 Å². The van der Waals surface area contributed by atoms with Crippen LogP contribution in [0.5, 0.6) is 0 Å². The van der Waals surface area contributed by atoms with Crippen molar-refractivity contribution in [1.29, 1.82) is 0 Å². The van der Waals surface area contributed by atoms with Gasteiger partial charge < -0.3 is 10.2 Å². The Morgan fingerprint density at radius 1 is 1.16 bits per heavy atom. The summed E-state index contributed by atoms with van der Waals surface area (Å²) in [5, 5.41) is 2.90. The molecule has 1 saturated heterocycles. The van der Waals surface area contributed by atoms with Crippen molar-refractivity contribution in [3.63, 3.8) is 0 Å². The molecule has 1 N–H and O–H groups in total. The topological polar surface area (TPSA) is 69.7 Å². The summed E-state index contributed by atoms with van der Waals surface area (Å²) in [5.74, 6) is 0.112. The molecular formula is C12H25N3O3S. The zero-order valence-electron chi connectivity index (χ0n) is 12.3. The number of nitrogens with one attached hydrogen (secondary N) is 1. The lowest BCUT2D eigenvalue weighted by atomic mass is 10.1. The van der Waals surface area contributed by atoms with Gasteiger partial charge in [0.25, 0.3) is 0 Å². The van der Waals surface area contributed by atoms with E-state index in [1.807, 2.05) is 20.8 Å². The molecule has 0 aliphatic carbocycles. The van der Waals surface area contributed by atoms with Gasteiger partial charge in [0, 0.05) is 31.7 Å². The molecule has 0 saturated carbocycles. The Kier molecular flexibility index (Phi) is 5.20. The Bertz CT molecular complexity index is 414. The zero-order valence-corrected chi connectivity index (χ0v) is 13.1. The molecule has 0 aromatic carbocycles. The van der Waals surface area contributed by atoms with Gasteiger partial charge in [0.05, 0.1) is 5.75 Å². The Morgan fingerprint density at radius 3 is 2.32 bits per heavy atom. The molecule has 1 aliphatic heterocycles. The number of hydrogen-bond donors (Lipinski definition) is 1. The summed E-state index contributed by atoms with van der Waals surface area (Å²) in [4.78, 5) is 13.7. The van der Waals surface area contributed by atoms with Crippen molar-refractivity contribution < 1.29 is 13.2 Å². The Morgan fingerprint density at radius 2 is 1.79 bits per heavy atom. The minimum absolute atomic E-state index is 0.112. The van der Waals surface area contributed by atoms with Crippen molar-refractivity contribution in [3.05, 3.63) is 0 Å². The molecule has 0 aromatic heterocycles. The van der Waals surface area contributed by atoms with Gasteiger partial charge in [0.15, 0.2) is 0 Å². The monoisotopic (exact) mass is 291 g/mol. The van der Waals surface area contributed by atoms with E-state index in [-0.39, 0.29) is 17.3 Å². The van der Waals surface area contributed by atoms with Crippen LogP contribution in [0, 0.1) is 0 Å². The quantitative estimate of drug-likeness (QED) is 0.820. The molecule has 1 aliphatic rings. The second kappa shape index (κ2) is 6.09. The third-order valence-electron chi connectivity index (χ3n) is 2.98. The molecule has 1 rings (SSSR count). The maximum absolute atomic E-state index is 12.0. The fourth-order valence-corrected chi connectivity index (χ4v) is 3.09. The molecule has 0 radical (unpaired) electrons. The Balaban J connectivity index is 2.62. The molecule has 0 atom stereocenters. The third-order valence-corrected chi connectivity index (χ3v) is 4.86. The van der Waals surface area contributed by atoms with Crippen molar-refractivity contribution in [2.24, 2.45) is 0 Å². The molecule has 2 amide bonds. The van der Waals surface area contributed by atoms with E-state index in [4.69, 9.17) is 0 Å². The number of carbonyl (C=O) groups is 1. The van der Waals surface area contributed by atoms with E-state index in [0.29, 0.717) is 32.6 Å². The van der Waals surface area contributed by atoms with Crippen LogP contribution in [0.15, 0.2) is 0 Å². The number of amides is 2. The minimum atomic E-state index is -3.15. The summed E-state index contributed by atoms with van der Waals surface area (Å²) in [6.45, 7) is 9.34. The number of urea groups is 1. The number of carbonyl (C=O) groups excluding carboxylic acids is 1. The first kappa shape index (κ1) is 16.2. The summed E-state index contributed by atoms with van der Waals surface area (Å²) in [6, 6.07) is -0.122. The molecule has 0 aromatic rings. The van der Waals surface area contributed by atoms with Gasteiger partial charge in [0.2, 0.25) is 10.0 Å². The predicted molar refractivity (Wildman–Crippen MR) is 75.5 cm³/mol. The van der Waals surface area contributed by atoms with Gasteiger partial charge in [-0.25, -0.2) is 17.5 Å². The fraction of sp³-hybridized carbons (Fsp3) is 0.917. The van der Waals surface area contributed by atoms with Crippen LogP contribution in [0.2, 0.25) is 0 Å². The second-order valence-corrected chi connectivity index (χ2v) is 8.08. The van der Waals surface area contributed by atoms with Crippen molar-refractivity contribution in [2.45, 2.75) is 39.7 Å². The summed E-state index contributed by atoms with van der Waals surface area (Å²) >= 11 is 0. The maximum Gasteiger partial charge on any atom is 0.317 e. The molecule has 1 heterocycles. The van der Waals surface area contributed by atoms with Gasteiger partial charge in [-0.15, -0.1) is 0 Å². The highest BCUT2D eigenvalue weighted by Crippen LogP contribution is 2.10. The largest absolute Gasteiger partial charge is 0.333 e. The van der Waals surface area contributed by atoms with Crippen molar-refractivity contribution in [1.82, 2.24) is 14.5 Å². The molecule has 6 nitrogen and oxygen atoms in total. The molecule has 7 heteroatoms. The summed E-state index contributed by atoms with van der Waals surface area (Å²) < 4.78 is 25.1. The van der Waals surface area contributed by atoms with Crippen LogP contribution >= 0.6 is 0 Å². The highest BCUT2D eigenvalue weighted by molar-refractivity contribution is 7.89. The summed E-state index contributed by atoms with van der Waals surface area (Å²) in [7, 11) is -3.15. The van der Waals surface area contributed by atoms with Crippen LogP contribution in [0.1, 0.15) is 34.1 Å². The van der Waals surface area contributed by atoms with Gasteiger partial charge in [-0.1, -0.05) is 0 Å². The standard InChI is InChI=1S/C12H25N3O3S/c1-5-19(17,18)15-8-6-7-14(9-10-15)11(16)13-12(2,3)4/h5-10H2,1-4H3,(H,13,16). The SMILES string of the molecule is CCS(=O)(=O)N1CCCN(C(=O)NC(C)(C)C)CC1. The first-order valence-corrected chi connectivity index (χ1v) is 8.31. The maximum atomic E-state index is 12.0. The van der Waals surface area contributed by atoms with E-state index in [0.717, 1.165) is 0 Å². The first-order valence-electron chi connectivity index (χ1n) is 6.70. The van der Waals surface area contributed by atoms with Crippen LogP contribution in [0.3, 0.4) is 0 Å². The van der Waals surface area contributed by atoms with Crippen molar-refractivity contribution >= 4 is 16.1 Å². The van der Waals surface area contributed by atoms with E-state index in [1.54, 1.807) is 11.8 Å².